The van der Waals surface area contributed by atoms with Crippen LogP contribution in [0.3, 0.4) is 0 Å². The minimum atomic E-state index is 0.0591. The zero-order valence-corrected chi connectivity index (χ0v) is 18.7. The van der Waals surface area contributed by atoms with E-state index in [-0.39, 0.29) is 5.91 Å². The summed E-state index contributed by atoms with van der Waals surface area (Å²) >= 11 is 3.38. The van der Waals surface area contributed by atoms with Crippen LogP contribution in [0, 0.1) is 0 Å². The van der Waals surface area contributed by atoms with Crippen molar-refractivity contribution in [1.82, 2.24) is 20.9 Å². The summed E-state index contributed by atoms with van der Waals surface area (Å²) in [7, 11) is 0. The molecule has 2 aromatic heterocycles. The highest BCUT2D eigenvalue weighted by molar-refractivity contribution is 7.18. The normalized spacial score (nSPS) is 16.6. The molecule has 0 aromatic carbocycles. The summed E-state index contributed by atoms with van der Waals surface area (Å²) in [4.78, 5) is 18.9. The van der Waals surface area contributed by atoms with Crippen molar-refractivity contribution in [2.45, 2.75) is 45.7 Å². The van der Waals surface area contributed by atoms with Crippen molar-refractivity contribution in [1.29, 1.82) is 0 Å². The quantitative estimate of drug-likeness (QED) is 0.541. The Kier molecular flexibility index (Phi) is 6.77. The number of anilines is 1. The molecule has 0 saturated heterocycles. The zero-order valence-electron chi connectivity index (χ0n) is 17.1. The van der Waals surface area contributed by atoms with Crippen LogP contribution in [-0.4, -0.2) is 43.1 Å². The highest BCUT2D eigenvalue weighted by Gasteiger charge is 2.25. The lowest BCUT2D eigenvalue weighted by Crippen LogP contribution is -2.27. The van der Waals surface area contributed by atoms with E-state index in [0.717, 1.165) is 60.3 Å². The summed E-state index contributed by atoms with van der Waals surface area (Å²) in [6.45, 7) is 8.62. The smallest absolute Gasteiger partial charge is 0.226 e. The molecule has 156 valence electrons. The van der Waals surface area contributed by atoms with E-state index in [4.69, 9.17) is 4.98 Å². The van der Waals surface area contributed by atoms with Crippen molar-refractivity contribution in [3.8, 4) is 10.6 Å². The van der Waals surface area contributed by atoms with Crippen molar-refractivity contribution >= 4 is 39.2 Å². The van der Waals surface area contributed by atoms with Gasteiger partial charge in [-0.3, -0.25) is 4.79 Å². The first kappa shape index (κ1) is 20.7. The largest absolute Gasteiger partial charge is 0.317 e. The summed E-state index contributed by atoms with van der Waals surface area (Å²) in [5.41, 5.74) is 4.90. The molecule has 8 heteroatoms. The second-order valence-corrected chi connectivity index (χ2v) is 9.73. The van der Waals surface area contributed by atoms with Crippen LogP contribution in [0.4, 0.5) is 5.00 Å². The van der Waals surface area contributed by atoms with E-state index in [9.17, 15) is 4.79 Å². The SMILES string of the molecule is CC(C)NCCC(=O)Nc1sc2c(c1-c1nc(C3=CCNCC3)cs1)CCNC2. The van der Waals surface area contributed by atoms with Crippen LogP contribution in [0.15, 0.2) is 11.5 Å². The van der Waals surface area contributed by atoms with Gasteiger partial charge in [-0.05, 0) is 37.1 Å². The first-order valence-corrected chi connectivity index (χ1v) is 12.1. The van der Waals surface area contributed by atoms with Crippen LogP contribution < -0.4 is 21.3 Å². The van der Waals surface area contributed by atoms with E-state index in [2.05, 4.69) is 46.6 Å². The highest BCUT2D eigenvalue weighted by Crippen LogP contribution is 2.44. The number of thiazole rings is 1. The lowest BCUT2D eigenvalue weighted by molar-refractivity contribution is -0.116. The van der Waals surface area contributed by atoms with Gasteiger partial charge in [-0.1, -0.05) is 19.9 Å². The molecule has 0 radical (unpaired) electrons. The van der Waals surface area contributed by atoms with E-state index < -0.39 is 0 Å². The van der Waals surface area contributed by atoms with Crippen molar-refractivity contribution in [2.24, 2.45) is 0 Å². The average Bonchev–Trinajstić information content (AvgIpc) is 3.32. The molecule has 4 N–H and O–H groups in total. The fourth-order valence-electron chi connectivity index (χ4n) is 3.70. The Morgan fingerprint density at radius 3 is 2.93 bits per heavy atom. The summed E-state index contributed by atoms with van der Waals surface area (Å²) in [5.74, 6) is 0.0591. The fourth-order valence-corrected chi connectivity index (χ4v) is 5.92. The first-order valence-electron chi connectivity index (χ1n) is 10.4. The van der Waals surface area contributed by atoms with E-state index in [1.54, 1.807) is 22.7 Å². The van der Waals surface area contributed by atoms with Crippen molar-refractivity contribution in [3.63, 3.8) is 0 Å². The number of nitrogens with one attached hydrogen (secondary N) is 4. The van der Waals surface area contributed by atoms with Crippen molar-refractivity contribution < 1.29 is 4.79 Å². The molecule has 0 saturated carbocycles. The predicted octanol–water partition coefficient (Wildman–Crippen LogP) is 3.22. The van der Waals surface area contributed by atoms with Crippen LogP contribution in [0.2, 0.25) is 0 Å². The van der Waals surface area contributed by atoms with Gasteiger partial charge in [0.15, 0.2) is 0 Å². The lowest BCUT2D eigenvalue weighted by Gasteiger charge is -2.14. The van der Waals surface area contributed by atoms with Gasteiger partial charge in [-0.15, -0.1) is 22.7 Å². The van der Waals surface area contributed by atoms with Crippen LogP contribution in [0.1, 0.15) is 42.8 Å². The molecule has 29 heavy (non-hydrogen) atoms. The molecule has 0 spiro atoms. The molecule has 2 aliphatic rings. The maximum atomic E-state index is 12.5. The molecule has 2 aromatic rings. The standard InChI is InChI=1S/C21H29N5OS2/c1-13(2)24-10-6-18(27)26-21-19(15-5-9-23-11-17(15)29-21)20-25-16(12-28-20)14-3-7-22-8-4-14/h3,12-13,22-24H,4-11H2,1-2H3,(H,26,27). The van der Waals surface area contributed by atoms with Gasteiger partial charge in [0.2, 0.25) is 5.91 Å². The summed E-state index contributed by atoms with van der Waals surface area (Å²) in [6.07, 6.45) is 4.70. The average molecular weight is 432 g/mol. The fraction of sp³-hybridized carbons (Fsp3) is 0.524. The number of hydrogen-bond acceptors (Lipinski definition) is 7. The molecule has 4 rings (SSSR count). The van der Waals surface area contributed by atoms with E-state index in [1.165, 1.54) is 16.0 Å². The van der Waals surface area contributed by atoms with Gasteiger partial charge in [-0.2, -0.15) is 0 Å². The number of carbonyl (C=O) groups is 1. The van der Waals surface area contributed by atoms with E-state index >= 15 is 0 Å². The number of thiophene rings is 1. The Morgan fingerprint density at radius 1 is 1.28 bits per heavy atom. The Morgan fingerprint density at radius 2 is 2.14 bits per heavy atom. The number of carbonyl (C=O) groups excluding carboxylic acids is 1. The lowest BCUT2D eigenvalue weighted by atomic mass is 10.0. The molecule has 2 aliphatic heterocycles. The topological polar surface area (TPSA) is 78.1 Å². The molecule has 0 atom stereocenters. The molecular weight excluding hydrogens is 402 g/mol. The molecule has 4 heterocycles. The third-order valence-corrected chi connectivity index (χ3v) is 7.20. The molecule has 1 amide bonds. The number of aromatic nitrogens is 1. The predicted molar refractivity (Wildman–Crippen MR) is 123 cm³/mol. The number of hydrogen-bond donors (Lipinski definition) is 4. The summed E-state index contributed by atoms with van der Waals surface area (Å²) < 4.78 is 0. The van der Waals surface area contributed by atoms with Gasteiger partial charge in [0, 0.05) is 47.9 Å². The number of nitrogens with zero attached hydrogens (tertiary/aromatic N) is 1. The molecule has 0 bridgehead atoms. The number of rotatable bonds is 7. The third-order valence-electron chi connectivity index (χ3n) is 5.20. The zero-order chi connectivity index (χ0) is 20.2. The second-order valence-electron chi connectivity index (χ2n) is 7.76. The van der Waals surface area contributed by atoms with Gasteiger partial charge in [0.25, 0.3) is 0 Å². The van der Waals surface area contributed by atoms with Crippen LogP contribution in [0.5, 0.6) is 0 Å². The maximum absolute atomic E-state index is 12.5. The van der Waals surface area contributed by atoms with Crippen LogP contribution >= 0.6 is 22.7 Å². The minimum absolute atomic E-state index is 0.0591. The molecular formula is C21H29N5OS2. The first-order chi connectivity index (χ1) is 14.1. The van der Waals surface area contributed by atoms with E-state index in [1.807, 2.05) is 0 Å². The van der Waals surface area contributed by atoms with Gasteiger partial charge in [0.05, 0.1) is 5.69 Å². The minimum Gasteiger partial charge on any atom is -0.317 e. The second kappa shape index (κ2) is 9.49. The molecule has 0 fully saturated rings. The molecule has 0 unspecified atom stereocenters. The Balaban J connectivity index is 1.59. The number of fused-ring (bicyclic) bond motifs is 1. The van der Waals surface area contributed by atoms with E-state index in [0.29, 0.717) is 19.0 Å². The maximum Gasteiger partial charge on any atom is 0.226 e. The summed E-state index contributed by atoms with van der Waals surface area (Å²) in [5, 5.41) is 17.4. The highest BCUT2D eigenvalue weighted by atomic mass is 32.1. The Labute approximate surface area is 180 Å². The van der Waals surface area contributed by atoms with Gasteiger partial charge in [-0.25, -0.2) is 4.98 Å². The Bertz CT molecular complexity index is 899. The van der Waals surface area contributed by atoms with Gasteiger partial charge in [0.1, 0.15) is 10.0 Å². The number of amides is 1. The third kappa shape index (κ3) is 4.95. The van der Waals surface area contributed by atoms with Crippen LogP contribution in [0.25, 0.3) is 16.1 Å². The van der Waals surface area contributed by atoms with Crippen molar-refractivity contribution in [2.75, 3.05) is 31.5 Å². The summed E-state index contributed by atoms with van der Waals surface area (Å²) in [6, 6.07) is 0.386. The molecule has 6 nitrogen and oxygen atoms in total. The van der Waals surface area contributed by atoms with Crippen LogP contribution in [-0.2, 0) is 17.8 Å². The van der Waals surface area contributed by atoms with Crippen molar-refractivity contribution in [3.05, 3.63) is 27.6 Å². The van der Waals surface area contributed by atoms with Gasteiger partial charge < -0.3 is 21.3 Å². The van der Waals surface area contributed by atoms with Gasteiger partial charge >= 0.3 is 0 Å². The molecule has 0 aliphatic carbocycles. The Hall–Kier alpha value is -1.58. The monoisotopic (exact) mass is 431 g/mol.